The first-order valence-electron chi connectivity index (χ1n) is 6.60. The summed E-state index contributed by atoms with van der Waals surface area (Å²) >= 11 is 0. The summed E-state index contributed by atoms with van der Waals surface area (Å²) in [7, 11) is 1.76. The predicted octanol–water partition coefficient (Wildman–Crippen LogP) is 4.34. The first-order valence-corrected chi connectivity index (χ1v) is 6.60. The average Bonchev–Trinajstić information content (AvgIpc) is 2.49. The minimum Gasteiger partial charge on any atom is -0.392 e. The number of benzene rings is 1. The largest absolute Gasteiger partial charge is 0.392 e. The van der Waals surface area contributed by atoms with Crippen LogP contribution in [0.15, 0.2) is 35.3 Å². The summed E-state index contributed by atoms with van der Waals surface area (Å²) in [5.74, 6) is 0. The Labute approximate surface area is 112 Å². The molecule has 1 aromatic carbocycles. The molecule has 0 fully saturated rings. The second kappa shape index (κ2) is 13.7. The third-order valence-corrected chi connectivity index (χ3v) is 2.05. The highest BCUT2D eigenvalue weighted by Crippen LogP contribution is 2.13. The molecule has 0 amide bonds. The van der Waals surface area contributed by atoms with Crippen molar-refractivity contribution >= 4 is 11.8 Å². The standard InChI is InChI=1S/C12H15NO.2C2H6/c1-3-11(8-13-2)12-6-4-10(9-14)5-7-12;2*1-2/h3-8,14H,9H2,1-2H3;2*1-2H3/b11-3+,13-8?;;. The minimum atomic E-state index is 0.0906. The van der Waals surface area contributed by atoms with E-state index < -0.39 is 0 Å². The summed E-state index contributed by atoms with van der Waals surface area (Å²) in [5, 5.41) is 8.89. The molecule has 2 heteroatoms. The van der Waals surface area contributed by atoms with E-state index >= 15 is 0 Å². The molecule has 1 aromatic rings. The van der Waals surface area contributed by atoms with Crippen LogP contribution in [-0.4, -0.2) is 18.4 Å². The van der Waals surface area contributed by atoms with Gasteiger partial charge in [0.25, 0.3) is 0 Å². The summed E-state index contributed by atoms with van der Waals surface area (Å²) < 4.78 is 0. The third kappa shape index (κ3) is 7.02. The summed E-state index contributed by atoms with van der Waals surface area (Å²) in [5.41, 5.74) is 3.14. The number of aliphatic imine (C=N–C) groups is 1. The fourth-order valence-corrected chi connectivity index (χ4v) is 1.26. The SMILES string of the molecule is C/C=C(\C=NC)c1ccc(CO)cc1.CC.CC. The van der Waals surface area contributed by atoms with Gasteiger partial charge in [-0.25, -0.2) is 0 Å². The van der Waals surface area contributed by atoms with Crippen molar-refractivity contribution in [2.75, 3.05) is 7.05 Å². The van der Waals surface area contributed by atoms with Crippen LogP contribution in [0.5, 0.6) is 0 Å². The van der Waals surface area contributed by atoms with E-state index in [1.807, 2.05) is 71.2 Å². The Morgan fingerprint density at radius 1 is 1.11 bits per heavy atom. The number of aliphatic hydroxyl groups excluding tert-OH is 1. The van der Waals surface area contributed by atoms with Crippen molar-refractivity contribution in [3.8, 4) is 0 Å². The molecule has 0 spiro atoms. The molecule has 0 atom stereocenters. The van der Waals surface area contributed by atoms with Gasteiger partial charge in [-0.3, -0.25) is 4.99 Å². The highest BCUT2D eigenvalue weighted by atomic mass is 16.3. The molecule has 0 unspecified atom stereocenters. The lowest BCUT2D eigenvalue weighted by molar-refractivity contribution is 0.282. The zero-order valence-corrected chi connectivity index (χ0v) is 12.6. The number of aliphatic hydroxyl groups is 1. The molecule has 0 aromatic heterocycles. The molecule has 0 aliphatic heterocycles. The number of hydrogen-bond donors (Lipinski definition) is 1. The van der Waals surface area contributed by atoms with E-state index in [1.54, 1.807) is 7.05 Å². The molecule has 0 aliphatic rings. The fourth-order valence-electron chi connectivity index (χ4n) is 1.26. The molecule has 0 radical (unpaired) electrons. The molecule has 0 saturated carbocycles. The van der Waals surface area contributed by atoms with Gasteiger partial charge in [-0.05, 0) is 23.6 Å². The minimum absolute atomic E-state index is 0.0906. The van der Waals surface area contributed by atoms with Crippen molar-refractivity contribution in [1.29, 1.82) is 0 Å². The topological polar surface area (TPSA) is 32.6 Å². The van der Waals surface area contributed by atoms with Gasteiger partial charge in [0.15, 0.2) is 0 Å². The highest BCUT2D eigenvalue weighted by molar-refractivity contribution is 6.09. The summed E-state index contributed by atoms with van der Waals surface area (Å²) in [6.07, 6.45) is 3.84. The molecule has 0 saturated heterocycles. The Hall–Kier alpha value is -1.41. The van der Waals surface area contributed by atoms with Gasteiger partial charge in [0.1, 0.15) is 0 Å². The van der Waals surface area contributed by atoms with Crippen LogP contribution in [0.3, 0.4) is 0 Å². The zero-order chi connectivity index (χ0) is 14.4. The Morgan fingerprint density at radius 2 is 1.61 bits per heavy atom. The van der Waals surface area contributed by atoms with Crippen LogP contribution in [0.1, 0.15) is 45.7 Å². The molecular formula is C16H27NO. The smallest absolute Gasteiger partial charge is 0.0681 e. The van der Waals surface area contributed by atoms with Crippen LogP contribution >= 0.6 is 0 Å². The van der Waals surface area contributed by atoms with Gasteiger partial charge in [0.2, 0.25) is 0 Å². The van der Waals surface area contributed by atoms with Crippen LogP contribution in [0.2, 0.25) is 0 Å². The first kappa shape index (κ1) is 18.9. The molecule has 1 rings (SSSR count). The maximum Gasteiger partial charge on any atom is 0.0681 e. The van der Waals surface area contributed by atoms with E-state index in [-0.39, 0.29) is 6.61 Å². The van der Waals surface area contributed by atoms with E-state index in [4.69, 9.17) is 5.11 Å². The molecule has 0 bridgehead atoms. The van der Waals surface area contributed by atoms with Crippen LogP contribution < -0.4 is 0 Å². The Morgan fingerprint density at radius 3 is 1.94 bits per heavy atom. The quantitative estimate of drug-likeness (QED) is 0.794. The lowest BCUT2D eigenvalue weighted by Gasteiger charge is -2.02. The van der Waals surface area contributed by atoms with Crippen molar-refractivity contribution in [1.82, 2.24) is 0 Å². The van der Waals surface area contributed by atoms with E-state index in [0.717, 1.165) is 16.7 Å². The molecule has 1 N–H and O–H groups in total. The Balaban J connectivity index is 0. The predicted molar refractivity (Wildman–Crippen MR) is 83.1 cm³/mol. The molecule has 0 aliphatic carbocycles. The van der Waals surface area contributed by atoms with E-state index in [1.165, 1.54) is 0 Å². The van der Waals surface area contributed by atoms with Crippen LogP contribution in [0.25, 0.3) is 5.57 Å². The Kier molecular flexibility index (Phi) is 14.4. The number of hydrogen-bond acceptors (Lipinski definition) is 2. The van der Waals surface area contributed by atoms with Crippen molar-refractivity contribution in [2.45, 2.75) is 41.2 Å². The monoisotopic (exact) mass is 249 g/mol. The van der Waals surface area contributed by atoms with Gasteiger partial charge in [0, 0.05) is 13.3 Å². The second-order valence-corrected chi connectivity index (χ2v) is 2.99. The van der Waals surface area contributed by atoms with Crippen molar-refractivity contribution in [3.63, 3.8) is 0 Å². The number of rotatable bonds is 3. The summed E-state index contributed by atoms with van der Waals surface area (Å²) in [6.45, 7) is 10.1. The molecular weight excluding hydrogens is 222 g/mol. The van der Waals surface area contributed by atoms with Crippen molar-refractivity contribution in [2.24, 2.45) is 4.99 Å². The number of allylic oxidation sites excluding steroid dienone is 2. The lowest BCUT2D eigenvalue weighted by Crippen LogP contribution is -1.88. The molecule has 2 nitrogen and oxygen atoms in total. The van der Waals surface area contributed by atoms with Crippen molar-refractivity contribution < 1.29 is 5.11 Å². The molecule has 18 heavy (non-hydrogen) atoms. The van der Waals surface area contributed by atoms with Crippen LogP contribution in [0, 0.1) is 0 Å². The summed E-state index contributed by atoms with van der Waals surface area (Å²) in [6, 6.07) is 7.82. The van der Waals surface area contributed by atoms with Gasteiger partial charge in [-0.15, -0.1) is 0 Å². The zero-order valence-electron chi connectivity index (χ0n) is 12.6. The first-order chi connectivity index (χ1) is 8.81. The third-order valence-electron chi connectivity index (χ3n) is 2.05. The van der Waals surface area contributed by atoms with E-state index in [0.29, 0.717) is 0 Å². The van der Waals surface area contributed by atoms with Crippen molar-refractivity contribution in [3.05, 3.63) is 41.5 Å². The van der Waals surface area contributed by atoms with Gasteiger partial charge in [-0.2, -0.15) is 0 Å². The van der Waals surface area contributed by atoms with Crippen LogP contribution in [0.4, 0.5) is 0 Å². The van der Waals surface area contributed by atoms with Gasteiger partial charge < -0.3 is 5.11 Å². The Bertz CT molecular complexity index is 337. The fraction of sp³-hybridized carbons (Fsp3) is 0.438. The normalized spacial score (nSPS) is 10.3. The summed E-state index contributed by atoms with van der Waals surface area (Å²) in [4.78, 5) is 3.98. The van der Waals surface area contributed by atoms with E-state index in [2.05, 4.69) is 4.99 Å². The highest BCUT2D eigenvalue weighted by Gasteiger charge is 1.96. The molecule has 0 heterocycles. The van der Waals surface area contributed by atoms with E-state index in [9.17, 15) is 0 Å². The number of nitrogens with zero attached hydrogens (tertiary/aromatic N) is 1. The average molecular weight is 249 g/mol. The van der Waals surface area contributed by atoms with Gasteiger partial charge >= 0.3 is 0 Å². The van der Waals surface area contributed by atoms with Gasteiger partial charge in [0.05, 0.1) is 6.61 Å². The molecule has 102 valence electrons. The maximum atomic E-state index is 8.89. The van der Waals surface area contributed by atoms with Crippen LogP contribution in [-0.2, 0) is 6.61 Å². The second-order valence-electron chi connectivity index (χ2n) is 2.99. The lowest BCUT2D eigenvalue weighted by atomic mass is 10.1. The van der Waals surface area contributed by atoms with Gasteiger partial charge in [-0.1, -0.05) is 58.0 Å². The maximum absolute atomic E-state index is 8.89.